The number of nitrogens with zero attached hydrogens (tertiary/aromatic N) is 1. The van der Waals surface area contributed by atoms with Crippen molar-refractivity contribution < 1.29 is 28.0 Å². The van der Waals surface area contributed by atoms with Gasteiger partial charge in [0.05, 0.1) is 19.1 Å². The lowest BCUT2D eigenvalue weighted by Gasteiger charge is -2.19. The topological polar surface area (TPSA) is 77.5 Å². The Labute approximate surface area is 241 Å². The number of rotatable bonds is 25. The van der Waals surface area contributed by atoms with Gasteiger partial charge in [0, 0.05) is 26.5 Å². The van der Waals surface area contributed by atoms with Crippen LogP contribution in [0, 0.1) is 0 Å². The second-order valence-electron chi connectivity index (χ2n) is 10.4. The van der Waals surface area contributed by atoms with E-state index in [9.17, 15) is 9.46 Å². The van der Waals surface area contributed by atoms with Gasteiger partial charge in [0.15, 0.2) is 0 Å². The zero-order chi connectivity index (χ0) is 28.0. The summed E-state index contributed by atoms with van der Waals surface area (Å²) >= 11 is 1.73. The van der Waals surface area contributed by atoms with Crippen LogP contribution in [-0.2, 0) is 25.1 Å². The van der Waals surface area contributed by atoms with Gasteiger partial charge in [-0.15, -0.1) is 11.8 Å². The predicted molar refractivity (Wildman–Crippen MR) is 162 cm³/mol. The highest BCUT2D eigenvalue weighted by Gasteiger charge is 2.25. The summed E-state index contributed by atoms with van der Waals surface area (Å²) in [6.07, 6.45) is 20.1. The smallest absolute Gasteiger partial charge is 0.404 e. The maximum absolute atomic E-state index is 12.5. The Morgan fingerprint density at radius 1 is 0.949 bits per heavy atom. The molecule has 0 saturated carbocycles. The van der Waals surface area contributed by atoms with E-state index in [1.807, 2.05) is 17.7 Å². The molecule has 2 rings (SSSR count). The summed E-state index contributed by atoms with van der Waals surface area (Å²) in [5, 5.41) is 2.05. The molecular weight excluding hydrogens is 533 g/mol. The van der Waals surface area contributed by atoms with Crippen LogP contribution in [0.15, 0.2) is 35.9 Å². The number of methoxy groups -OCH3 is 1. The lowest BCUT2D eigenvalue weighted by molar-refractivity contribution is -0.0197. The average Bonchev–Trinajstić information content (AvgIpc) is 3.43. The molecule has 39 heavy (non-hydrogen) atoms. The quantitative estimate of drug-likeness (QED) is 0.0902. The van der Waals surface area contributed by atoms with Crippen molar-refractivity contribution in [1.82, 2.24) is 4.90 Å². The molecule has 224 valence electrons. The molecule has 7 nitrogen and oxygen atoms in total. The first-order valence-corrected chi connectivity index (χ1v) is 17.5. The molecule has 0 spiro atoms. The Morgan fingerprint density at radius 2 is 1.59 bits per heavy atom. The summed E-state index contributed by atoms with van der Waals surface area (Å²) in [5.74, 6) is 1.20. The van der Waals surface area contributed by atoms with Gasteiger partial charge in [-0.3, -0.25) is 9.42 Å². The summed E-state index contributed by atoms with van der Waals surface area (Å²) in [6, 6.07) is 7.18. The van der Waals surface area contributed by atoms with Gasteiger partial charge in [0.2, 0.25) is 0 Å². The molecule has 0 aliphatic carbocycles. The van der Waals surface area contributed by atoms with E-state index < -0.39 is 13.9 Å². The Morgan fingerprint density at radius 3 is 2.18 bits per heavy atom. The van der Waals surface area contributed by atoms with Crippen LogP contribution < -0.4 is 4.52 Å². The SMILES string of the molecule is CCCCCCCCCCCCCCCCOCC(COP(=O)(O)Oc1cccc(CN2C=CSC2)c1)OC. The summed E-state index contributed by atoms with van der Waals surface area (Å²) in [4.78, 5) is 12.3. The average molecular weight is 586 g/mol. The van der Waals surface area contributed by atoms with Crippen molar-refractivity contribution in [2.75, 3.05) is 32.8 Å². The number of hydrogen-bond acceptors (Lipinski definition) is 7. The number of phosphoric acid groups is 1. The standard InChI is InChI=1S/C30H52NO6PS/c1-3-4-5-6-7-8-9-10-11-12-13-14-15-16-21-35-25-30(34-2)26-36-38(32,33)37-29-19-17-18-28(23-29)24-31-20-22-39-27-31/h17-20,22-23,30H,3-16,21,24-27H2,1-2H3,(H,32,33). The normalized spacial score (nSPS) is 15.5. The van der Waals surface area contributed by atoms with Crippen molar-refractivity contribution in [3.05, 3.63) is 41.4 Å². The van der Waals surface area contributed by atoms with Gasteiger partial charge >= 0.3 is 7.82 Å². The van der Waals surface area contributed by atoms with E-state index >= 15 is 0 Å². The fraction of sp³-hybridized carbons (Fsp3) is 0.733. The molecule has 2 atom stereocenters. The van der Waals surface area contributed by atoms with Crippen LogP contribution in [0.25, 0.3) is 0 Å². The molecule has 0 aromatic heterocycles. The molecule has 1 aliphatic heterocycles. The Bertz CT molecular complexity index is 826. The molecule has 1 aromatic carbocycles. The van der Waals surface area contributed by atoms with Crippen molar-refractivity contribution in [3.63, 3.8) is 0 Å². The van der Waals surface area contributed by atoms with Crippen molar-refractivity contribution >= 4 is 19.6 Å². The fourth-order valence-corrected chi connectivity index (χ4v) is 5.98. The molecule has 1 heterocycles. The van der Waals surface area contributed by atoms with Gasteiger partial charge in [-0.05, 0) is 29.5 Å². The summed E-state index contributed by atoms with van der Waals surface area (Å²) in [7, 11) is -2.74. The van der Waals surface area contributed by atoms with Gasteiger partial charge in [-0.2, -0.15) is 0 Å². The number of ether oxygens (including phenoxy) is 2. The molecule has 0 saturated heterocycles. The lowest BCUT2D eigenvalue weighted by atomic mass is 10.0. The molecule has 2 unspecified atom stereocenters. The first-order valence-electron chi connectivity index (χ1n) is 14.9. The Balaban J connectivity index is 1.47. The minimum absolute atomic E-state index is 0.0848. The monoisotopic (exact) mass is 585 g/mol. The molecule has 1 N–H and O–H groups in total. The molecule has 1 aliphatic rings. The van der Waals surface area contributed by atoms with E-state index in [0.717, 1.165) is 24.3 Å². The third kappa shape index (κ3) is 17.4. The maximum Gasteiger partial charge on any atom is 0.527 e. The highest BCUT2D eigenvalue weighted by Crippen LogP contribution is 2.44. The number of unbranched alkanes of at least 4 members (excludes halogenated alkanes) is 13. The number of thioether (sulfide) groups is 1. The summed E-state index contributed by atoms with van der Waals surface area (Å²) in [6.45, 7) is 3.86. The first kappa shape index (κ1) is 34.2. The number of hydrogen-bond donors (Lipinski definition) is 1. The first-order chi connectivity index (χ1) is 19.0. The van der Waals surface area contributed by atoms with Gasteiger partial charge in [-0.1, -0.05) is 103 Å². The Kier molecular flexibility index (Phi) is 19.0. The Hall–Kier alpha value is -1.02. The van der Waals surface area contributed by atoms with Gasteiger partial charge in [-0.25, -0.2) is 4.57 Å². The van der Waals surface area contributed by atoms with Crippen molar-refractivity contribution in [1.29, 1.82) is 0 Å². The highest BCUT2D eigenvalue weighted by molar-refractivity contribution is 8.02. The second-order valence-corrected chi connectivity index (χ2v) is 12.6. The molecule has 0 amide bonds. The van der Waals surface area contributed by atoms with Gasteiger partial charge in [0.25, 0.3) is 0 Å². The van der Waals surface area contributed by atoms with E-state index in [1.54, 1.807) is 37.1 Å². The third-order valence-corrected chi connectivity index (χ3v) is 8.53. The van der Waals surface area contributed by atoms with Crippen LogP contribution in [-0.4, -0.2) is 48.7 Å². The van der Waals surface area contributed by atoms with Gasteiger partial charge in [0.1, 0.15) is 11.9 Å². The lowest BCUT2D eigenvalue weighted by Crippen LogP contribution is -2.24. The van der Waals surface area contributed by atoms with E-state index in [-0.39, 0.29) is 6.61 Å². The molecular formula is C30H52NO6PS. The molecule has 9 heteroatoms. The highest BCUT2D eigenvalue weighted by atomic mass is 32.2. The molecule has 0 radical (unpaired) electrons. The van der Waals surface area contributed by atoms with Crippen LogP contribution in [0.2, 0.25) is 0 Å². The number of benzene rings is 1. The van der Waals surface area contributed by atoms with Crippen LogP contribution in [0.5, 0.6) is 5.75 Å². The van der Waals surface area contributed by atoms with Crippen LogP contribution in [0.4, 0.5) is 0 Å². The van der Waals surface area contributed by atoms with Crippen molar-refractivity contribution in [2.24, 2.45) is 0 Å². The summed E-state index contributed by atoms with van der Waals surface area (Å²) < 4.78 is 34.0. The van der Waals surface area contributed by atoms with Crippen LogP contribution >= 0.6 is 19.6 Å². The van der Waals surface area contributed by atoms with E-state index in [2.05, 4.69) is 11.8 Å². The van der Waals surface area contributed by atoms with Crippen LogP contribution in [0.1, 0.15) is 102 Å². The third-order valence-electron chi connectivity index (χ3n) is 6.82. The minimum Gasteiger partial charge on any atom is -0.404 e. The van der Waals surface area contributed by atoms with Gasteiger partial charge < -0.3 is 18.9 Å². The fourth-order valence-electron chi connectivity index (χ4n) is 4.48. The van der Waals surface area contributed by atoms with E-state index in [0.29, 0.717) is 25.5 Å². The number of phosphoric ester groups is 1. The maximum atomic E-state index is 12.5. The van der Waals surface area contributed by atoms with Crippen LogP contribution in [0.3, 0.4) is 0 Å². The van der Waals surface area contributed by atoms with E-state index in [4.69, 9.17) is 18.5 Å². The molecule has 0 bridgehead atoms. The minimum atomic E-state index is -4.28. The molecule has 1 aromatic rings. The predicted octanol–water partition coefficient (Wildman–Crippen LogP) is 8.67. The van der Waals surface area contributed by atoms with E-state index in [1.165, 1.54) is 77.0 Å². The second kappa shape index (κ2) is 21.7. The van der Waals surface area contributed by atoms with Crippen molar-refractivity contribution in [2.45, 2.75) is 109 Å². The van der Waals surface area contributed by atoms with Crippen molar-refractivity contribution in [3.8, 4) is 5.75 Å². The summed E-state index contributed by atoms with van der Waals surface area (Å²) in [5.41, 5.74) is 0.992. The largest absolute Gasteiger partial charge is 0.527 e. The zero-order valence-electron chi connectivity index (χ0n) is 24.3. The molecule has 0 fully saturated rings. The zero-order valence-corrected chi connectivity index (χ0v) is 26.0.